The van der Waals surface area contributed by atoms with Gasteiger partial charge in [0.05, 0.1) is 17.0 Å². The molecule has 1 saturated carbocycles. The topological polar surface area (TPSA) is 37.6 Å². The number of rotatable bonds is 3. The third-order valence-electron chi connectivity index (χ3n) is 5.58. The standard InChI is InChI=1S/C22H25N3O/c1-15-13-18(17(3)24(15)19-9-7-8-10-19)14-21-16(2)23-25(22(21)26)20-11-5-4-6-12-20/h4-6,11-14,19H,7-10H2,1-3H3/b21-14+. The minimum absolute atomic E-state index is 0.0561. The van der Waals surface area contributed by atoms with Crippen molar-refractivity contribution in [1.29, 1.82) is 0 Å². The summed E-state index contributed by atoms with van der Waals surface area (Å²) < 4.78 is 2.46. The lowest BCUT2D eigenvalue weighted by Gasteiger charge is -2.17. The number of hydrogen-bond acceptors (Lipinski definition) is 2. The van der Waals surface area contributed by atoms with Gasteiger partial charge >= 0.3 is 0 Å². The molecule has 1 fully saturated rings. The van der Waals surface area contributed by atoms with E-state index in [2.05, 4.69) is 29.6 Å². The first-order valence-corrected chi connectivity index (χ1v) is 9.41. The van der Waals surface area contributed by atoms with E-state index in [4.69, 9.17) is 0 Å². The molecule has 2 heterocycles. The van der Waals surface area contributed by atoms with Crippen molar-refractivity contribution in [2.75, 3.05) is 5.01 Å². The molecule has 0 bridgehead atoms. The van der Waals surface area contributed by atoms with E-state index in [1.807, 2.05) is 43.3 Å². The number of hydrogen-bond donors (Lipinski definition) is 0. The third kappa shape index (κ3) is 2.79. The fourth-order valence-corrected chi connectivity index (χ4v) is 4.26. The van der Waals surface area contributed by atoms with Crippen LogP contribution in [0.5, 0.6) is 0 Å². The highest BCUT2D eigenvalue weighted by atomic mass is 16.2. The van der Waals surface area contributed by atoms with Gasteiger partial charge < -0.3 is 4.57 Å². The van der Waals surface area contributed by atoms with Crippen LogP contribution in [0.25, 0.3) is 6.08 Å². The number of carbonyl (C=O) groups excluding carboxylic acids is 1. The predicted octanol–water partition coefficient (Wildman–Crippen LogP) is 5.03. The van der Waals surface area contributed by atoms with Gasteiger partial charge in [-0.1, -0.05) is 31.0 Å². The summed E-state index contributed by atoms with van der Waals surface area (Å²) in [4.78, 5) is 12.9. The Morgan fingerprint density at radius 2 is 1.77 bits per heavy atom. The van der Waals surface area contributed by atoms with Gasteiger partial charge in [0, 0.05) is 17.4 Å². The second-order valence-electron chi connectivity index (χ2n) is 7.33. The summed E-state index contributed by atoms with van der Waals surface area (Å²) in [5.41, 5.74) is 5.91. The Kier molecular flexibility index (Phi) is 4.27. The SMILES string of the molecule is CC1=NN(c2ccccc2)C(=O)/C1=C/c1cc(C)n(C2CCCC2)c1C. The third-order valence-corrected chi connectivity index (χ3v) is 5.58. The number of para-hydroxylation sites is 1. The zero-order valence-electron chi connectivity index (χ0n) is 15.7. The molecule has 1 aromatic carbocycles. The van der Waals surface area contributed by atoms with Gasteiger partial charge in [-0.05, 0) is 63.5 Å². The maximum atomic E-state index is 12.9. The van der Waals surface area contributed by atoms with Gasteiger partial charge in [0.25, 0.3) is 5.91 Å². The molecule has 1 aliphatic heterocycles. The van der Waals surface area contributed by atoms with Gasteiger partial charge in [-0.25, -0.2) is 0 Å². The van der Waals surface area contributed by atoms with Crippen LogP contribution in [0.1, 0.15) is 55.6 Å². The first kappa shape index (κ1) is 16.8. The lowest BCUT2D eigenvalue weighted by molar-refractivity contribution is -0.114. The molecule has 1 amide bonds. The van der Waals surface area contributed by atoms with Crippen molar-refractivity contribution in [1.82, 2.24) is 4.57 Å². The van der Waals surface area contributed by atoms with Crippen LogP contribution < -0.4 is 5.01 Å². The molecule has 0 atom stereocenters. The number of hydrazone groups is 1. The van der Waals surface area contributed by atoms with Gasteiger partial charge in [-0.15, -0.1) is 0 Å². The van der Waals surface area contributed by atoms with Crippen molar-refractivity contribution in [3.8, 4) is 0 Å². The van der Waals surface area contributed by atoms with Crippen molar-refractivity contribution in [3.05, 3.63) is 58.9 Å². The monoisotopic (exact) mass is 347 g/mol. The first-order valence-electron chi connectivity index (χ1n) is 9.41. The predicted molar refractivity (Wildman–Crippen MR) is 106 cm³/mol. The molecule has 4 heteroatoms. The minimum atomic E-state index is -0.0561. The van der Waals surface area contributed by atoms with E-state index >= 15 is 0 Å². The number of carbonyl (C=O) groups is 1. The average molecular weight is 347 g/mol. The summed E-state index contributed by atoms with van der Waals surface area (Å²) in [6.45, 7) is 6.24. The summed E-state index contributed by atoms with van der Waals surface area (Å²) in [7, 11) is 0. The molecule has 0 saturated heterocycles. The van der Waals surface area contributed by atoms with Crippen molar-refractivity contribution >= 4 is 23.4 Å². The number of aryl methyl sites for hydroxylation is 1. The first-order chi connectivity index (χ1) is 12.6. The van der Waals surface area contributed by atoms with Gasteiger partial charge in [-0.3, -0.25) is 4.79 Å². The van der Waals surface area contributed by atoms with Crippen LogP contribution in [0, 0.1) is 13.8 Å². The van der Waals surface area contributed by atoms with Crippen LogP contribution in [0.15, 0.2) is 47.1 Å². The molecule has 0 unspecified atom stereocenters. The largest absolute Gasteiger partial charge is 0.346 e. The van der Waals surface area contributed by atoms with E-state index in [9.17, 15) is 4.79 Å². The molecule has 134 valence electrons. The number of aromatic nitrogens is 1. The molecule has 0 N–H and O–H groups in total. The molecule has 0 radical (unpaired) electrons. The van der Waals surface area contributed by atoms with Crippen LogP contribution in [0.4, 0.5) is 5.69 Å². The second kappa shape index (κ2) is 6.60. The maximum Gasteiger partial charge on any atom is 0.280 e. The zero-order chi connectivity index (χ0) is 18.3. The zero-order valence-corrected chi connectivity index (χ0v) is 15.7. The second-order valence-corrected chi connectivity index (χ2v) is 7.33. The van der Waals surface area contributed by atoms with E-state index < -0.39 is 0 Å². The molecule has 1 aromatic heterocycles. The molecular weight excluding hydrogens is 322 g/mol. The van der Waals surface area contributed by atoms with Crippen LogP contribution in [-0.2, 0) is 4.79 Å². The van der Waals surface area contributed by atoms with Crippen LogP contribution in [0.3, 0.4) is 0 Å². The van der Waals surface area contributed by atoms with Crippen LogP contribution >= 0.6 is 0 Å². The Bertz CT molecular complexity index is 899. The smallest absolute Gasteiger partial charge is 0.280 e. The van der Waals surface area contributed by atoms with Crippen molar-refractivity contribution in [2.24, 2.45) is 5.10 Å². The molecule has 0 spiro atoms. The number of benzene rings is 1. The molecule has 1 aliphatic carbocycles. The number of nitrogens with zero attached hydrogens (tertiary/aromatic N) is 3. The molecule has 4 rings (SSSR count). The van der Waals surface area contributed by atoms with Crippen molar-refractivity contribution in [3.63, 3.8) is 0 Å². The Balaban J connectivity index is 1.68. The summed E-state index contributed by atoms with van der Waals surface area (Å²) in [6.07, 6.45) is 7.15. The van der Waals surface area contributed by atoms with Crippen molar-refractivity contribution < 1.29 is 4.79 Å². The van der Waals surface area contributed by atoms with Gasteiger partial charge in [0.15, 0.2) is 0 Å². The van der Waals surface area contributed by atoms with E-state index in [1.54, 1.807) is 0 Å². The van der Waals surface area contributed by atoms with E-state index in [1.165, 1.54) is 42.1 Å². The van der Waals surface area contributed by atoms with Crippen LogP contribution in [0.2, 0.25) is 0 Å². The highest BCUT2D eigenvalue weighted by molar-refractivity contribution is 6.32. The Labute approximate surface area is 154 Å². The molecule has 2 aromatic rings. The summed E-state index contributed by atoms with van der Waals surface area (Å²) in [6, 6.07) is 12.4. The summed E-state index contributed by atoms with van der Waals surface area (Å²) in [5.74, 6) is -0.0561. The Hall–Kier alpha value is -2.62. The normalized spacial score (nSPS) is 19.7. The fraction of sp³-hybridized carbons (Fsp3) is 0.364. The number of amides is 1. The van der Waals surface area contributed by atoms with Crippen molar-refractivity contribution in [2.45, 2.75) is 52.5 Å². The van der Waals surface area contributed by atoms with E-state index in [0.717, 1.165) is 17.0 Å². The molecule has 2 aliphatic rings. The highest BCUT2D eigenvalue weighted by Crippen LogP contribution is 2.34. The molecule has 26 heavy (non-hydrogen) atoms. The van der Waals surface area contributed by atoms with Gasteiger partial charge in [0.1, 0.15) is 0 Å². The highest BCUT2D eigenvalue weighted by Gasteiger charge is 2.29. The van der Waals surface area contributed by atoms with Crippen LogP contribution in [-0.4, -0.2) is 16.2 Å². The Morgan fingerprint density at radius 1 is 1.08 bits per heavy atom. The number of anilines is 1. The van der Waals surface area contributed by atoms with E-state index in [-0.39, 0.29) is 5.91 Å². The maximum absolute atomic E-state index is 12.9. The lowest BCUT2D eigenvalue weighted by atomic mass is 10.1. The molecule has 4 nitrogen and oxygen atoms in total. The summed E-state index contributed by atoms with van der Waals surface area (Å²) in [5, 5.41) is 5.98. The summed E-state index contributed by atoms with van der Waals surface area (Å²) >= 11 is 0. The van der Waals surface area contributed by atoms with E-state index in [0.29, 0.717) is 11.6 Å². The van der Waals surface area contributed by atoms with Gasteiger partial charge in [0.2, 0.25) is 0 Å². The minimum Gasteiger partial charge on any atom is -0.346 e. The average Bonchev–Trinajstić information content (AvgIpc) is 3.32. The fourth-order valence-electron chi connectivity index (χ4n) is 4.26. The lowest BCUT2D eigenvalue weighted by Crippen LogP contribution is -2.21. The Morgan fingerprint density at radius 3 is 2.46 bits per heavy atom. The quantitative estimate of drug-likeness (QED) is 0.718. The van der Waals surface area contributed by atoms with Gasteiger partial charge in [-0.2, -0.15) is 10.1 Å². The molecular formula is C22H25N3O.